The molecule has 0 radical (unpaired) electrons. The van der Waals surface area contributed by atoms with Gasteiger partial charge in [-0.05, 0) is 65.4 Å². The Morgan fingerprint density at radius 2 is 1.56 bits per heavy atom. The number of amidine groups is 1. The van der Waals surface area contributed by atoms with Gasteiger partial charge >= 0.3 is 0 Å². The first-order valence-electron chi connectivity index (χ1n) is 10.6. The molecule has 1 amide bonds. The van der Waals surface area contributed by atoms with Crippen LogP contribution in [0.25, 0.3) is 0 Å². The van der Waals surface area contributed by atoms with Gasteiger partial charge < -0.3 is 20.9 Å². The van der Waals surface area contributed by atoms with E-state index in [1.54, 1.807) is 26.0 Å². The molecule has 3 aromatic rings. The van der Waals surface area contributed by atoms with Crippen molar-refractivity contribution in [2.45, 2.75) is 38.2 Å². The summed E-state index contributed by atoms with van der Waals surface area (Å²) in [7, 11) is 0. The molecule has 6 nitrogen and oxygen atoms in total. The van der Waals surface area contributed by atoms with Crippen molar-refractivity contribution in [2.75, 3.05) is 0 Å². The van der Waals surface area contributed by atoms with Crippen molar-refractivity contribution in [3.05, 3.63) is 105 Å². The molecule has 0 unspecified atom stereocenters. The maximum Gasteiger partial charge on any atom is 0.251 e. The highest BCUT2D eigenvalue weighted by atomic mass is 16.5. The number of amides is 1. The van der Waals surface area contributed by atoms with E-state index in [9.17, 15) is 9.90 Å². The largest absolute Gasteiger partial charge is 0.386 e. The van der Waals surface area contributed by atoms with Crippen molar-refractivity contribution >= 4 is 11.7 Å². The van der Waals surface area contributed by atoms with Gasteiger partial charge in [0.1, 0.15) is 18.0 Å². The molecule has 3 aromatic carbocycles. The minimum atomic E-state index is -0.927. The number of nitrogens with two attached hydrogens (primary N) is 1. The van der Waals surface area contributed by atoms with Crippen molar-refractivity contribution < 1.29 is 14.6 Å². The summed E-state index contributed by atoms with van der Waals surface area (Å²) in [6, 6.07) is 19.0. The molecule has 162 valence electrons. The number of nitrogen functional groups attached to an aromatic ring is 1. The van der Waals surface area contributed by atoms with Crippen LogP contribution in [0.2, 0.25) is 0 Å². The van der Waals surface area contributed by atoms with Crippen LogP contribution in [0.1, 0.15) is 75.4 Å². The van der Waals surface area contributed by atoms with Crippen LogP contribution < -0.4 is 11.1 Å². The summed E-state index contributed by atoms with van der Waals surface area (Å²) in [5.74, 6) is -0.136. The van der Waals surface area contributed by atoms with Gasteiger partial charge in [0.2, 0.25) is 0 Å². The molecular formula is C26H25N3O3. The molecule has 2 heterocycles. The number of hydrogen-bond donors (Lipinski definition) is 4. The minimum Gasteiger partial charge on any atom is -0.386 e. The summed E-state index contributed by atoms with van der Waals surface area (Å²) >= 11 is 0. The SMILES string of the molecule is CC(C)(O)c1ccc2c(c1)[C@H]1O[C@@H]2c2ccc(C(=O)NCc3ccc(C(=N)N)cc3)cc21. The normalized spacial score (nSPS) is 18.2. The highest BCUT2D eigenvalue weighted by molar-refractivity contribution is 5.95. The van der Waals surface area contributed by atoms with Crippen LogP contribution in [0.4, 0.5) is 0 Å². The summed E-state index contributed by atoms with van der Waals surface area (Å²) in [5.41, 5.74) is 11.9. The first-order valence-corrected chi connectivity index (χ1v) is 10.6. The van der Waals surface area contributed by atoms with Gasteiger partial charge in [-0.1, -0.05) is 42.5 Å². The third kappa shape index (κ3) is 3.38. The second kappa shape index (κ2) is 7.29. The van der Waals surface area contributed by atoms with Crippen molar-refractivity contribution in [2.24, 2.45) is 5.73 Å². The number of ether oxygens (including phenoxy) is 1. The Morgan fingerprint density at radius 3 is 2.22 bits per heavy atom. The van der Waals surface area contributed by atoms with Gasteiger partial charge in [0.25, 0.3) is 5.91 Å². The van der Waals surface area contributed by atoms with Gasteiger partial charge in [0.15, 0.2) is 0 Å². The van der Waals surface area contributed by atoms with Gasteiger partial charge in [0.05, 0.1) is 5.60 Å². The molecule has 0 fully saturated rings. The monoisotopic (exact) mass is 427 g/mol. The Bertz CT molecular complexity index is 1240. The number of hydrogen-bond acceptors (Lipinski definition) is 4. The predicted octanol–water partition coefficient (Wildman–Crippen LogP) is 3.65. The van der Waals surface area contributed by atoms with Gasteiger partial charge in [-0.2, -0.15) is 0 Å². The second-order valence-corrected chi connectivity index (χ2v) is 8.94. The molecule has 32 heavy (non-hydrogen) atoms. The molecule has 5 rings (SSSR count). The number of nitrogens with one attached hydrogen (secondary N) is 2. The van der Waals surface area contributed by atoms with Crippen LogP contribution in [0, 0.1) is 5.41 Å². The van der Waals surface area contributed by atoms with Gasteiger partial charge in [0, 0.05) is 17.7 Å². The van der Waals surface area contributed by atoms with E-state index in [1.165, 1.54) is 0 Å². The van der Waals surface area contributed by atoms with E-state index in [0.717, 1.165) is 33.4 Å². The van der Waals surface area contributed by atoms with E-state index < -0.39 is 5.60 Å². The average molecular weight is 428 g/mol. The zero-order valence-electron chi connectivity index (χ0n) is 18.0. The molecule has 2 aliphatic heterocycles. The molecule has 0 saturated carbocycles. The van der Waals surface area contributed by atoms with E-state index in [-0.39, 0.29) is 24.0 Å². The average Bonchev–Trinajstić information content (AvgIpc) is 3.34. The lowest BCUT2D eigenvalue weighted by Crippen LogP contribution is -2.23. The summed E-state index contributed by atoms with van der Waals surface area (Å²) in [4.78, 5) is 12.8. The quantitative estimate of drug-likeness (QED) is 0.368. The fourth-order valence-electron chi connectivity index (χ4n) is 4.45. The highest BCUT2D eigenvalue weighted by Gasteiger charge is 2.43. The highest BCUT2D eigenvalue weighted by Crippen LogP contribution is 2.54. The van der Waals surface area contributed by atoms with Crippen molar-refractivity contribution in [3.63, 3.8) is 0 Å². The van der Waals surface area contributed by atoms with Crippen molar-refractivity contribution in [3.8, 4) is 0 Å². The maximum absolute atomic E-state index is 12.8. The lowest BCUT2D eigenvalue weighted by Gasteiger charge is -2.22. The first kappa shape index (κ1) is 20.4. The third-order valence-corrected chi connectivity index (χ3v) is 6.26. The zero-order valence-corrected chi connectivity index (χ0v) is 18.0. The summed E-state index contributed by atoms with van der Waals surface area (Å²) in [5, 5.41) is 20.8. The Hall–Kier alpha value is -3.48. The standard InChI is InChI=1S/C26H25N3O3/c1-26(2,31)17-8-10-19-21(12-17)23-20-11-16(7-9-18(20)22(19)32-23)25(30)29-13-14-3-5-15(6-4-14)24(27)28/h3-12,22-23,31H,13H2,1-2H3,(H3,27,28)(H,29,30)/t22-,23+/m1/s1. The molecular weight excluding hydrogens is 402 g/mol. The van der Waals surface area contributed by atoms with Gasteiger partial charge in [-0.15, -0.1) is 0 Å². The van der Waals surface area contributed by atoms with Crippen LogP contribution in [0.3, 0.4) is 0 Å². The number of fused-ring (bicyclic) bond motifs is 8. The maximum atomic E-state index is 12.8. The fourth-order valence-corrected chi connectivity index (χ4v) is 4.45. The van der Waals surface area contributed by atoms with E-state index in [4.69, 9.17) is 15.9 Å². The zero-order chi connectivity index (χ0) is 22.6. The van der Waals surface area contributed by atoms with Crippen LogP contribution in [-0.4, -0.2) is 16.8 Å². The van der Waals surface area contributed by atoms with E-state index in [2.05, 4.69) is 5.32 Å². The predicted molar refractivity (Wildman–Crippen MR) is 122 cm³/mol. The van der Waals surface area contributed by atoms with Crippen molar-refractivity contribution in [1.82, 2.24) is 5.32 Å². The van der Waals surface area contributed by atoms with Gasteiger partial charge in [-0.3, -0.25) is 10.2 Å². The van der Waals surface area contributed by atoms with E-state index >= 15 is 0 Å². The first-order chi connectivity index (χ1) is 15.2. The summed E-state index contributed by atoms with van der Waals surface area (Å²) in [6.07, 6.45) is -0.350. The minimum absolute atomic E-state index is 0.0199. The lowest BCUT2D eigenvalue weighted by atomic mass is 9.83. The molecule has 5 N–H and O–H groups in total. The molecule has 6 heteroatoms. The molecule has 0 aliphatic carbocycles. The van der Waals surface area contributed by atoms with Crippen molar-refractivity contribution in [1.29, 1.82) is 5.41 Å². The van der Waals surface area contributed by atoms with E-state index in [1.807, 2.05) is 48.5 Å². The Kier molecular flexibility index (Phi) is 4.65. The van der Waals surface area contributed by atoms with E-state index in [0.29, 0.717) is 17.7 Å². The summed E-state index contributed by atoms with van der Waals surface area (Å²) in [6.45, 7) is 3.92. The molecule has 2 atom stereocenters. The van der Waals surface area contributed by atoms with Crippen LogP contribution in [0.15, 0.2) is 60.7 Å². The number of aliphatic hydroxyl groups is 1. The topological polar surface area (TPSA) is 108 Å². The second-order valence-electron chi connectivity index (χ2n) is 8.94. The molecule has 2 aliphatic rings. The number of carbonyl (C=O) groups is 1. The Balaban J connectivity index is 1.35. The smallest absolute Gasteiger partial charge is 0.251 e. The molecule has 0 aromatic heterocycles. The van der Waals surface area contributed by atoms with Gasteiger partial charge in [-0.25, -0.2) is 0 Å². The third-order valence-electron chi connectivity index (χ3n) is 6.26. The number of carbonyl (C=O) groups excluding carboxylic acids is 1. The summed E-state index contributed by atoms with van der Waals surface area (Å²) < 4.78 is 6.23. The van der Waals surface area contributed by atoms with Crippen LogP contribution >= 0.6 is 0 Å². The fraction of sp³-hybridized carbons (Fsp3) is 0.231. The lowest BCUT2D eigenvalue weighted by molar-refractivity contribution is 0.0777. The number of rotatable bonds is 5. The molecule has 0 saturated heterocycles. The molecule has 2 bridgehead atoms. The van der Waals surface area contributed by atoms with Crippen LogP contribution in [-0.2, 0) is 16.9 Å². The molecule has 0 spiro atoms. The Morgan fingerprint density at radius 1 is 0.969 bits per heavy atom. The number of benzene rings is 3. The van der Waals surface area contributed by atoms with Crippen LogP contribution in [0.5, 0.6) is 0 Å². The Labute approximate surface area is 186 Å².